The molecule has 2 saturated heterocycles. The van der Waals surface area contributed by atoms with Crippen molar-refractivity contribution in [2.24, 2.45) is 11.8 Å². The van der Waals surface area contributed by atoms with Crippen molar-refractivity contribution in [3.8, 4) is 0 Å². The molecule has 4 aliphatic rings. The number of carbonyl (C=O) groups excluding carboxylic acids is 2. The van der Waals surface area contributed by atoms with E-state index in [2.05, 4.69) is 29.0 Å². The summed E-state index contributed by atoms with van der Waals surface area (Å²) in [5.41, 5.74) is 8.07. The maximum absolute atomic E-state index is 12.8. The van der Waals surface area contributed by atoms with Crippen molar-refractivity contribution in [1.82, 2.24) is 14.8 Å². The van der Waals surface area contributed by atoms with Gasteiger partial charge in [-0.3, -0.25) is 9.69 Å². The zero-order chi connectivity index (χ0) is 22.0. The van der Waals surface area contributed by atoms with Crippen molar-refractivity contribution in [3.63, 3.8) is 0 Å². The van der Waals surface area contributed by atoms with Crippen molar-refractivity contribution in [2.75, 3.05) is 31.6 Å². The Morgan fingerprint density at radius 1 is 1.16 bits per heavy atom. The molecule has 7 nitrogen and oxygen atoms in total. The summed E-state index contributed by atoms with van der Waals surface area (Å²) < 4.78 is 5.03. The van der Waals surface area contributed by atoms with Gasteiger partial charge in [0.25, 0.3) is 5.91 Å². The average Bonchev–Trinajstić information content (AvgIpc) is 3.05. The zero-order valence-electron chi connectivity index (χ0n) is 18.5. The highest BCUT2D eigenvalue weighted by Gasteiger charge is 2.44. The van der Waals surface area contributed by atoms with E-state index < -0.39 is 0 Å². The van der Waals surface area contributed by atoms with Crippen LogP contribution in [0, 0.1) is 25.7 Å². The normalized spacial score (nSPS) is 25.3. The van der Waals surface area contributed by atoms with Crippen LogP contribution in [0.2, 0.25) is 0 Å². The summed E-state index contributed by atoms with van der Waals surface area (Å²) in [6.07, 6.45) is 3.10. The lowest BCUT2D eigenvalue weighted by atomic mass is 10.0. The molecule has 2 aromatic rings. The lowest BCUT2D eigenvalue weighted by Gasteiger charge is -2.17. The third-order valence-corrected chi connectivity index (χ3v) is 7.44. The molecule has 0 radical (unpaired) electrons. The van der Waals surface area contributed by atoms with E-state index in [9.17, 15) is 9.59 Å². The van der Waals surface area contributed by atoms with Gasteiger partial charge in [-0.2, -0.15) is 0 Å². The first kappa shape index (κ1) is 19.6. The summed E-state index contributed by atoms with van der Waals surface area (Å²) in [4.78, 5) is 32.3. The van der Waals surface area contributed by atoms with Crippen molar-refractivity contribution >= 4 is 29.3 Å². The molecule has 4 heterocycles. The van der Waals surface area contributed by atoms with Gasteiger partial charge in [0, 0.05) is 48.8 Å². The van der Waals surface area contributed by atoms with Gasteiger partial charge < -0.3 is 19.9 Å². The Morgan fingerprint density at radius 3 is 2.72 bits per heavy atom. The van der Waals surface area contributed by atoms with Crippen molar-refractivity contribution in [3.05, 3.63) is 51.8 Å². The number of nitrogens with one attached hydrogen (secondary N) is 2. The van der Waals surface area contributed by atoms with Crippen LogP contribution in [0.25, 0.3) is 11.6 Å². The van der Waals surface area contributed by atoms with Gasteiger partial charge in [-0.1, -0.05) is 6.07 Å². The number of benzene rings is 1. The Bertz CT molecular complexity index is 1150. The van der Waals surface area contributed by atoms with Crippen molar-refractivity contribution in [2.45, 2.75) is 33.4 Å². The Balaban J connectivity index is 1.28. The minimum atomic E-state index is -0.282. The second-order valence-corrected chi connectivity index (χ2v) is 9.65. The molecule has 6 rings (SSSR count). The Morgan fingerprint density at radius 2 is 1.97 bits per heavy atom. The van der Waals surface area contributed by atoms with Crippen LogP contribution in [0.5, 0.6) is 0 Å². The number of H-pyrrole nitrogens is 1. The standard InChI is InChI=1S/C25H28N4O3/c1-14-21(13-28-11-17-8-18(17)12-28)15(2)26-23(14)9-20-19-7-16(3-4-22(19)27-24(20)30)10-29-5-6-32-25(29)31/h3-4,7,9,17-18,26H,5-6,8,10-13H2,1-2H3,(H,27,30)/b20-9-/t17-,18+. The molecule has 2 N–H and O–H groups in total. The summed E-state index contributed by atoms with van der Waals surface area (Å²) in [6, 6.07) is 5.88. The van der Waals surface area contributed by atoms with Gasteiger partial charge in [0.05, 0.1) is 12.1 Å². The molecule has 0 spiro atoms. The number of ether oxygens (including phenoxy) is 1. The summed E-state index contributed by atoms with van der Waals surface area (Å²) in [5, 5.41) is 2.97. The quantitative estimate of drug-likeness (QED) is 0.709. The minimum absolute atomic E-state index is 0.0921. The highest BCUT2D eigenvalue weighted by atomic mass is 16.6. The predicted octanol–water partition coefficient (Wildman–Crippen LogP) is 3.53. The molecule has 7 heteroatoms. The van der Waals surface area contributed by atoms with Gasteiger partial charge in [-0.15, -0.1) is 0 Å². The molecular formula is C25H28N4O3. The Labute approximate surface area is 187 Å². The largest absolute Gasteiger partial charge is 0.448 e. The number of hydrogen-bond donors (Lipinski definition) is 2. The number of hydrogen-bond acceptors (Lipinski definition) is 4. The summed E-state index contributed by atoms with van der Waals surface area (Å²) >= 11 is 0. The fourth-order valence-corrected chi connectivity index (χ4v) is 5.46. The molecule has 1 aliphatic carbocycles. The molecule has 2 atom stereocenters. The van der Waals surface area contributed by atoms with Gasteiger partial charge in [0.15, 0.2) is 0 Å². The van der Waals surface area contributed by atoms with E-state index >= 15 is 0 Å². The van der Waals surface area contributed by atoms with Crippen LogP contribution in [-0.4, -0.2) is 53.0 Å². The van der Waals surface area contributed by atoms with Gasteiger partial charge >= 0.3 is 6.09 Å². The lowest BCUT2D eigenvalue weighted by molar-refractivity contribution is -0.110. The lowest BCUT2D eigenvalue weighted by Crippen LogP contribution is -2.23. The Kier molecular flexibility index (Phi) is 4.43. The summed E-state index contributed by atoms with van der Waals surface area (Å²) in [5.74, 6) is 1.75. The molecule has 3 fully saturated rings. The first-order valence-corrected chi connectivity index (χ1v) is 11.4. The predicted molar refractivity (Wildman–Crippen MR) is 122 cm³/mol. The van der Waals surface area contributed by atoms with Gasteiger partial charge in [-0.25, -0.2) is 4.79 Å². The zero-order valence-corrected chi connectivity index (χ0v) is 18.5. The maximum Gasteiger partial charge on any atom is 0.410 e. The number of aryl methyl sites for hydroxylation is 1. The van der Waals surface area contributed by atoms with Crippen LogP contribution in [-0.2, 0) is 22.6 Å². The SMILES string of the molecule is Cc1[nH]c(/C=C2\C(=O)Nc3ccc(CN4CCOC4=O)cc32)c(C)c1CN1C[C@H]2C[C@H]2C1. The number of fused-ring (bicyclic) bond motifs is 2. The number of carbonyl (C=O) groups is 2. The van der Waals surface area contributed by atoms with E-state index in [1.165, 1.54) is 36.3 Å². The molecule has 32 heavy (non-hydrogen) atoms. The first-order chi connectivity index (χ1) is 15.5. The van der Waals surface area contributed by atoms with Crippen molar-refractivity contribution < 1.29 is 14.3 Å². The number of anilines is 1. The molecule has 0 bridgehead atoms. The highest BCUT2D eigenvalue weighted by Crippen LogP contribution is 2.45. The molecule has 0 unspecified atom stereocenters. The Hall–Kier alpha value is -3.06. The summed E-state index contributed by atoms with van der Waals surface area (Å²) in [6.45, 7) is 9.18. The number of aromatic amines is 1. The van der Waals surface area contributed by atoms with Crippen molar-refractivity contribution in [1.29, 1.82) is 0 Å². The number of likely N-dealkylation sites (tertiary alicyclic amines) is 1. The van der Waals surface area contributed by atoms with E-state index in [-0.39, 0.29) is 12.0 Å². The third kappa shape index (κ3) is 3.32. The molecule has 2 amide bonds. The molecule has 1 aromatic heterocycles. The van der Waals surface area contributed by atoms with Gasteiger partial charge in [0.1, 0.15) is 6.61 Å². The number of cyclic esters (lactones) is 1. The maximum atomic E-state index is 12.8. The second-order valence-electron chi connectivity index (χ2n) is 9.65. The van der Waals surface area contributed by atoms with E-state index in [4.69, 9.17) is 4.74 Å². The fraction of sp³-hybridized carbons (Fsp3) is 0.440. The molecule has 1 aromatic carbocycles. The number of rotatable bonds is 5. The topological polar surface area (TPSA) is 77.7 Å². The average molecular weight is 433 g/mol. The van der Waals surface area contributed by atoms with Crippen LogP contribution in [0.15, 0.2) is 18.2 Å². The fourth-order valence-electron chi connectivity index (χ4n) is 5.46. The monoisotopic (exact) mass is 432 g/mol. The van der Waals surface area contributed by atoms with Gasteiger partial charge in [-0.05, 0) is 67.0 Å². The highest BCUT2D eigenvalue weighted by molar-refractivity contribution is 6.34. The van der Waals surface area contributed by atoms with Crippen LogP contribution in [0.3, 0.4) is 0 Å². The third-order valence-electron chi connectivity index (χ3n) is 7.44. The molecule has 166 valence electrons. The van der Waals surface area contributed by atoms with E-state index in [1.807, 2.05) is 24.3 Å². The van der Waals surface area contributed by atoms with Crippen LogP contribution in [0.1, 0.15) is 40.1 Å². The van der Waals surface area contributed by atoms with E-state index in [1.54, 1.807) is 4.90 Å². The number of aromatic nitrogens is 1. The van der Waals surface area contributed by atoms with Gasteiger partial charge in [0.2, 0.25) is 0 Å². The van der Waals surface area contributed by atoms with Crippen LogP contribution in [0.4, 0.5) is 10.5 Å². The smallest absolute Gasteiger partial charge is 0.410 e. The molecule has 3 aliphatic heterocycles. The molecular weight excluding hydrogens is 404 g/mol. The number of piperidine rings is 1. The first-order valence-electron chi connectivity index (χ1n) is 11.4. The molecule has 1 saturated carbocycles. The van der Waals surface area contributed by atoms with Crippen LogP contribution < -0.4 is 5.32 Å². The van der Waals surface area contributed by atoms with E-state index in [0.29, 0.717) is 25.3 Å². The minimum Gasteiger partial charge on any atom is -0.448 e. The summed E-state index contributed by atoms with van der Waals surface area (Å²) in [7, 11) is 0. The number of nitrogens with zero attached hydrogens (tertiary/aromatic N) is 2. The van der Waals surface area contributed by atoms with E-state index in [0.717, 1.165) is 40.9 Å². The van der Waals surface area contributed by atoms with Crippen LogP contribution >= 0.6 is 0 Å². The number of amides is 2. The second kappa shape index (κ2) is 7.24.